The molecule has 0 saturated carbocycles. The molecule has 141 valence electrons. The minimum Gasteiger partial charge on any atom is -0.242 e. The third-order valence-electron chi connectivity index (χ3n) is 4.29. The van der Waals surface area contributed by atoms with Crippen molar-refractivity contribution in [3.05, 3.63) is 64.7 Å². The Morgan fingerprint density at radius 3 is 1.70 bits per heavy atom. The molecule has 2 aromatic carbocycles. The van der Waals surface area contributed by atoms with E-state index in [4.69, 9.17) is 9.78 Å². The zero-order chi connectivity index (χ0) is 20.4. The number of carbonyl (C=O) groups excluding carboxylic acids is 2. The first-order valence-corrected chi connectivity index (χ1v) is 9.29. The SMILES string of the molecule is CC(C)(C)c1ccc(C(=O)OOC(=O)c2ccc(C(C)(C)C)cc2[Si])cc1. The van der Waals surface area contributed by atoms with Gasteiger partial charge in [0.05, 0.1) is 21.4 Å². The molecular formula is C22H25O4Si. The Bertz CT molecular complexity index is 840. The lowest BCUT2D eigenvalue weighted by Crippen LogP contribution is -2.22. The largest absolute Gasteiger partial charge is 0.386 e. The van der Waals surface area contributed by atoms with Crippen LogP contribution in [0.3, 0.4) is 0 Å². The molecule has 0 fully saturated rings. The fourth-order valence-electron chi connectivity index (χ4n) is 2.46. The normalized spacial score (nSPS) is 11.8. The quantitative estimate of drug-likeness (QED) is 0.448. The maximum absolute atomic E-state index is 12.2. The van der Waals surface area contributed by atoms with E-state index in [1.54, 1.807) is 18.2 Å². The summed E-state index contributed by atoms with van der Waals surface area (Å²) in [5.74, 6) is -1.45. The Balaban J connectivity index is 2.04. The van der Waals surface area contributed by atoms with Crippen molar-refractivity contribution in [1.29, 1.82) is 0 Å². The average molecular weight is 382 g/mol. The molecule has 2 rings (SSSR count). The van der Waals surface area contributed by atoms with Gasteiger partial charge in [0.2, 0.25) is 0 Å². The van der Waals surface area contributed by atoms with Crippen LogP contribution in [-0.2, 0) is 20.6 Å². The minimum atomic E-state index is -0.736. The van der Waals surface area contributed by atoms with E-state index in [0.29, 0.717) is 10.8 Å². The second kappa shape index (κ2) is 7.68. The van der Waals surface area contributed by atoms with Crippen LogP contribution in [0.5, 0.6) is 0 Å². The van der Waals surface area contributed by atoms with Crippen molar-refractivity contribution < 1.29 is 19.4 Å². The molecule has 5 heteroatoms. The van der Waals surface area contributed by atoms with Crippen LogP contribution < -0.4 is 5.19 Å². The number of rotatable bonds is 2. The highest BCUT2D eigenvalue weighted by molar-refractivity contribution is 6.36. The Morgan fingerprint density at radius 2 is 1.22 bits per heavy atom. The van der Waals surface area contributed by atoms with Gasteiger partial charge in [-0.15, -0.1) is 0 Å². The molecule has 3 radical (unpaired) electrons. The van der Waals surface area contributed by atoms with E-state index in [1.165, 1.54) is 0 Å². The third-order valence-corrected chi connectivity index (χ3v) is 4.70. The average Bonchev–Trinajstić information content (AvgIpc) is 2.57. The number of hydrogen-bond acceptors (Lipinski definition) is 4. The molecule has 0 amide bonds. The van der Waals surface area contributed by atoms with Crippen molar-refractivity contribution in [2.24, 2.45) is 0 Å². The number of benzene rings is 2. The molecular weight excluding hydrogens is 356 g/mol. The minimum absolute atomic E-state index is 0.0137. The van der Waals surface area contributed by atoms with E-state index in [-0.39, 0.29) is 16.4 Å². The van der Waals surface area contributed by atoms with Gasteiger partial charge in [-0.3, -0.25) is 0 Å². The van der Waals surface area contributed by atoms with E-state index >= 15 is 0 Å². The second-order valence-electron chi connectivity index (χ2n) is 8.58. The van der Waals surface area contributed by atoms with Gasteiger partial charge in [-0.25, -0.2) is 19.4 Å². The van der Waals surface area contributed by atoms with Crippen molar-refractivity contribution in [3.8, 4) is 0 Å². The Labute approximate surface area is 164 Å². The molecule has 2 aromatic rings. The van der Waals surface area contributed by atoms with Gasteiger partial charge in [0.15, 0.2) is 0 Å². The van der Waals surface area contributed by atoms with Gasteiger partial charge < -0.3 is 0 Å². The lowest BCUT2D eigenvalue weighted by atomic mass is 9.86. The molecule has 0 atom stereocenters. The fraction of sp³-hybridized carbons (Fsp3) is 0.364. The maximum Gasteiger partial charge on any atom is 0.386 e. The summed E-state index contributed by atoms with van der Waals surface area (Å²) in [6, 6.07) is 12.4. The van der Waals surface area contributed by atoms with Gasteiger partial charge in [-0.05, 0) is 40.2 Å². The molecule has 27 heavy (non-hydrogen) atoms. The third kappa shape index (κ3) is 5.29. The topological polar surface area (TPSA) is 52.6 Å². The lowest BCUT2D eigenvalue weighted by Gasteiger charge is -2.20. The Hall–Kier alpha value is -2.40. The first-order valence-electron chi connectivity index (χ1n) is 8.79. The van der Waals surface area contributed by atoms with Gasteiger partial charge >= 0.3 is 11.9 Å². The summed E-state index contributed by atoms with van der Waals surface area (Å²) < 4.78 is 0. The molecule has 0 N–H and O–H groups in total. The zero-order valence-electron chi connectivity index (χ0n) is 16.7. The summed E-state index contributed by atoms with van der Waals surface area (Å²) in [5, 5.41) is 0.581. The summed E-state index contributed by atoms with van der Waals surface area (Å²) >= 11 is 0. The molecule has 0 aliphatic carbocycles. The van der Waals surface area contributed by atoms with E-state index in [9.17, 15) is 9.59 Å². The predicted molar refractivity (Wildman–Crippen MR) is 107 cm³/mol. The van der Waals surface area contributed by atoms with E-state index < -0.39 is 11.9 Å². The highest BCUT2D eigenvalue weighted by Gasteiger charge is 2.20. The van der Waals surface area contributed by atoms with Crippen LogP contribution in [0, 0.1) is 0 Å². The van der Waals surface area contributed by atoms with Crippen molar-refractivity contribution in [2.45, 2.75) is 52.4 Å². The van der Waals surface area contributed by atoms with Crippen molar-refractivity contribution >= 4 is 27.4 Å². The van der Waals surface area contributed by atoms with Crippen LogP contribution in [-0.4, -0.2) is 22.2 Å². The lowest BCUT2D eigenvalue weighted by molar-refractivity contribution is -0.187. The highest BCUT2D eigenvalue weighted by Crippen LogP contribution is 2.23. The summed E-state index contributed by atoms with van der Waals surface area (Å²) in [5.41, 5.74) is 2.71. The number of hydrogen-bond donors (Lipinski definition) is 0. The molecule has 0 aliphatic heterocycles. The van der Waals surface area contributed by atoms with Crippen molar-refractivity contribution in [1.82, 2.24) is 0 Å². The zero-order valence-corrected chi connectivity index (χ0v) is 17.7. The molecule has 0 spiro atoms. The monoisotopic (exact) mass is 381 g/mol. The van der Waals surface area contributed by atoms with Gasteiger partial charge in [0.25, 0.3) is 0 Å². The summed E-state index contributed by atoms with van der Waals surface area (Å²) in [4.78, 5) is 33.8. The van der Waals surface area contributed by atoms with Crippen molar-refractivity contribution in [3.63, 3.8) is 0 Å². The summed E-state index contributed by atoms with van der Waals surface area (Å²) in [6.07, 6.45) is 0. The highest BCUT2D eigenvalue weighted by atomic mass is 28.1. The van der Waals surface area contributed by atoms with Crippen LogP contribution >= 0.6 is 0 Å². The van der Waals surface area contributed by atoms with E-state index in [0.717, 1.165) is 11.1 Å². The van der Waals surface area contributed by atoms with Gasteiger partial charge in [-0.2, -0.15) is 0 Å². The van der Waals surface area contributed by atoms with Crippen LogP contribution in [0.15, 0.2) is 42.5 Å². The first-order chi connectivity index (χ1) is 12.4. The Morgan fingerprint density at radius 1 is 0.741 bits per heavy atom. The molecule has 0 aromatic heterocycles. The van der Waals surface area contributed by atoms with E-state index in [1.807, 2.05) is 24.3 Å². The molecule has 0 heterocycles. The standard InChI is InChI=1S/C22H25O4Si/c1-21(2,3)15-9-7-14(8-10-15)19(23)25-26-20(24)17-12-11-16(13-18(17)27)22(4,5)6/h7-13H,1-6H3. The van der Waals surface area contributed by atoms with Crippen molar-refractivity contribution in [2.75, 3.05) is 0 Å². The Kier molecular flexibility index (Phi) is 5.95. The van der Waals surface area contributed by atoms with Gasteiger partial charge in [-0.1, -0.05) is 71.0 Å². The molecule has 0 unspecified atom stereocenters. The summed E-state index contributed by atoms with van der Waals surface area (Å²) in [7, 11) is 3.43. The first kappa shape index (κ1) is 20.9. The molecule has 0 aliphatic rings. The van der Waals surface area contributed by atoms with Gasteiger partial charge in [0.1, 0.15) is 0 Å². The van der Waals surface area contributed by atoms with E-state index in [2.05, 4.69) is 51.8 Å². The smallest absolute Gasteiger partial charge is 0.242 e. The molecule has 0 bridgehead atoms. The second-order valence-corrected chi connectivity index (χ2v) is 9.12. The fourth-order valence-corrected chi connectivity index (χ4v) is 2.80. The van der Waals surface area contributed by atoms with Crippen LogP contribution in [0.1, 0.15) is 73.4 Å². The predicted octanol–water partition coefficient (Wildman–Crippen LogP) is 4.00. The van der Waals surface area contributed by atoms with Crippen LogP contribution in [0.4, 0.5) is 0 Å². The molecule has 4 nitrogen and oxygen atoms in total. The van der Waals surface area contributed by atoms with Crippen LogP contribution in [0.2, 0.25) is 0 Å². The summed E-state index contributed by atoms with van der Waals surface area (Å²) in [6.45, 7) is 12.5. The van der Waals surface area contributed by atoms with Gasteiger partial charge in [0, 0.05) is 0 Å². The molecule has 0 saturated heterocycles. The maximum atomic E-state index is 12.2. The van der Waals surface area contributed by atoms with Crippen LogP contribution in [0.25, 0.3) is 0 Å². The number of carbonyl (C=O) groups is 2.